The van der Waals surface area contributed by atoms with Crippen LogP contribution < -0.4 is 14.8 Å². The van der Waals surface area contributed by atoms with E-state index in [9.17, 15) is 4.79 Å². The molecule has 1 amide bonds. The Labute approximate surface area is 182 Å². The fourth-order valence-electron chi connectivity index (χ4n) is 3.75. The van der Waals surface area contributed by atoms with E-state index in [1.54, 1.807) is 25.4 Å². The number of methoxy groups -OCH3 is 1. The number of benzene rings is 2. The number of rotatable bonds is 8. The van der Waals surface area contributed by atoms with Gasteiger partial charge in [0.05, 0.1) is 13.2 Å². The molecule has 2 aromatic carbocycles. The largest absolute Gasteiger partial charge is 0.496 e. The van der Waals surface area contributed by atoms with Crippen molar-refractivity contribution in [2.45, 2.75) is 25.0 Å². The minimum Gasteiger partial charge on any atom is -0.496 e. The van der Waals surface area contributed by atoms with E-state index in [0.717, 1.165) is 25.0 Å². The topological polar surface area (TPSA) is 74.6 Å². The van der Waals surface area contributed by atoms with Crippen LogP contribution in [0.25, 0.3) is 0 Å². The third kappa shape index (κ3) is 4.88. The summed E-state index contributed by atoms with van der Waals surface area (Å²) in [5.41, 5.74) is 1.34. The predicted octanol–water partition coefficient (Wildman–Crippen LogP) is 3.51. The van der Waals surface area contributed by atoms with Crippen molar-refractivity contribution in [1.29, 1.82) is 0 Å². The summed E-state index contributed by atoms with van der Waals surface area (Å²) in [4.78, 5) is 17.6. The second kappa shape index (κ2) is 9.66. The molecule has 0 spiro atoms. The SMILES string of the molecule is COc1ccccc1C(NC(=O)c1cccc(OCC2CCCO2)c1)c1nccn1C. The zero-order valence-electron chi connectivity index (χ0n) is 17.8. The number of imidazole rings is 1. The van der Waals surface area contributed by atoms with E-state index in [4.69, 9.17) is 14.2 Å². The molecule has 0 bridgehead atoms. The van der Waals surface area contributed by atoms with E-state index in [1.807, 2.05) is 54.2 Å². The molecule has 1 aliphatic heterocycles. The van der Waals surface area contributed by atoms with Gasteiger partial charge in [-0.05, 0) is 37.1 Å². The molecule has 1 aliphatic rings. The Hall–Kier alpha value is -3.32. The van der Waals surface area contributed by atoms with Crippen LogP contribution in [-0.2, 0) is 11.8 Å². The number of aromatic nitrogens is 2. The molecule has 3 aromatic rings. The number of carbonyl (C=O) groups is 1. The molecule has 162 valence electrons. The molecule has 7 nitrogen and oxygen atoms in total. The maximum absolute atomic E-state index is 13.2. The monoisotopic (exact) mass is 421 g/mol. The zero-order chi connectivity index (χ0) is 21.6. The number of hydrogen-bond donors (Lipinski definition) is 1. The summed E-state index contributed by atoms with van der Waals surface area (Å²) in [5.74, 6) is 1.82. The standard InChI is InChI=1S/C24H27N3O4/c1-27-13-12-25-23(27)22(20-10-3-4-11-21(20)29-2)26-24(28)17-7-5-8-18(15-17)31-16-19-9-6-14-30-19/h3-5,7-8,10-13,15,19,22H,6,9,14,16H2,1-2H3,(H,26,28). The lowest BCUT2D eigenvalue weighted by atomic mass is 10.0. The van der Waals surface area contributed by atoms with Crippen LogP contribution in [0.15, 0.2) is 60.9 Å². The number of nitrogens with zero attached hydrogens (tertiary/aromatic N) is 2. The zero-order valence-corrected chi connectivity index (χ0v) is 17.8. The average molecular weight is 421 g/mol. The summed E-state index contributed by atoms with van der Waals surface area (Å²) >= 11 is 0. The van der Waals surface area contributed by atoms with Crippen LogP contribution in [0.1, 0.15) is 40.6 Å². The van der Waals surface area contributed by atoms with Gasteiger partial charge in [-0.25, -0.2) is 4.98 Å². The van der Waals surface area contributed by atoms with Gasteiger partial charge in [0.15, 0.2) is 0 Å². The first-order chi connectivity index (χ1) is 15.2. The highest BCUT2D eigenvalue weighted by atomic mass is 16.5. The van der Waals surface area contributed by atoms with E-state index >= 15 is 0 Å². The molecule has 2 heterocycles. The minimum atomic E-state index is -0.472. The fraction of sp³-hybridized carbons (Fsp3) is 0.333. The van der Waals surface area contributed by atoms with Crippen LogP contribution in [0.4, 0.5) is 0 Å². The molecule has 1 aromatic heterocycles. The van der Waals surface area contributed by atoms with Crippen molar-refractivity contribution in [3.63, 3.8) is 0 Å². The van der Waals surface area contributed by atoms with Crippen LogP contribution in [0.3, 0.4) is 0 Å². The minimum absolute atomic E-state index is 0.121. The second-order valence-electron chi connectivity index (χ2n) is 7.52. The Morgan fingerprint density at radius 3 is 2.90 bits per heavy atom. The van der Waals surface area contributed by atoms with Gasteiger partial charge in [-0.15, -0.1) is 0 Å². The third-order valence-corrected chi connectivity index (χ3v) is 5.40. The molecule has 0 radical (unpaired) electrons. The number of nitrogens with one attached hydrogen (secondary N) is 1. The van der Waals surface area contributed by atoms with Crippen LogP contribution in [-0.4, -0.2) is 41.9 Å². The number of para-hydroxylation sites is 1. The smallest absolute Gasteiger partial charge is 0.252 e. The summed E-state index contributed by atoms with van der Waals surface area (Å²) in [6.45, 7) is 1.27. The Morgan fingerprint density at radius 2 is 2.16 bits per heavy atom. The van der Waals surface area contributed by atoms with Crippen molar-refractivity contribution in [3.05, 3.63) is 77.9 Å². The molecule has 1 saturated heterocycles. The number of aryl methyl sites for hydroxylation is 1. The van der Waals surface area contributed by atoms with Crippen molar-refractivity contribution in [2.75, 3.05) is 20.3 Å². The molecule has 1 N–H and O–H groups in total. The van der Waals surface area contributed by atoms with Gasteiger partial charge >= 0.3 is 0 Å². The number of hydrogen-bond acceptors (Lipinski definition) is 5. The molecule has 31 heavy (non-hydrogen) atoms. The fourth-order valence-corrected chi connectivity index (χ4v) is 3.75. The molecule has 0 saturated carbocycles. The average Bonchev–Trinajstić information content (AvgIpc) is 3.48. The Morgan fingerprint density at radius 1 is 1.29 bits per heavy atom. The van der Waals surface area contributed by atoms with Crippen LogP contribution >= 0.6 is 0 Å². The highest BCUT2D eigenvalue weighted by Gasteiger charge is 2.24. The van der Waals surface area contributed by atoms with Gasteiger partial charge in [0.2, 0.25) is 0 Å². The molecule has 2 atom stereocenters. The number of amides is 1. The molecule has 4 rings (SSSR count). The van der Waals surface area contributed by atoms with Crippen molar-refractivity contribution in [1.82, 2.24) is 14.9 Å². The Balaban J connectivity index is 1.55. The molecule has 7 heteroatoms. The van der Waals surface area contributed by atoms with Gasteiger partial charge in [0, 0.05) is 37.2 Å². The highest BCUT2D eigenvalue weighted by Crippen LogP contribution is 2.29. The van der Waals surface area contributed by atoms with Gasteiger partial charge in [-0.1, -0.05) is 24.3 Å². The lowest BCUT2D eigenvalue weighted by molar-refractivity contribution is 0.0679. The summed E-state index contributed by atoms with van der Waals surface area (Å²) in [6.07, 6.45) is 5.75. The molecular formula is C24H27N3O4. The molecule has 2 unspecified atom stereocenters. The molecule has 1 fully saturated rings. The number of carbonyl (C=O) groups excluding carboxylic acids is 1. The van der Waals surface area contributed by atoms with Crippen LogP contribution in [0, 0.1) is 0 Å². The lowest BCUT2D eigenvalue weighted by Crippen LogP contribution is -2.31. The van der Waals surface area contributed by atoms with Crippen LogP contribution in [0.2, 0.25) is 0 Å². The quantitative estimate of drug-likeness (QED) is 0.603. The van der Waals surface area contributed by atoms with E-state index < -0.39 is 6.04 Å². The first-order valence-corrected chi connectivity index (χ1v) is 10.4. The van der Waals surface area contributed by atoms with Crippen molar-refractivity contribution >= 4 is 5.91 Å². The number of ether oxygens (including phenoxy) is 3. The first kappa shape index (κ1) is 20.9. The Bertz CT molecular complexity index is 1030. The lowest BCUT2D eigenvalue weighted by Gasteiger charge is -2.21. The van der Waals surface area contributed by atoms with E-state index in [-0.39, 0.29) is 12.0 Å². The van der Waals surface area contributed by atoms with Gasteiger partial charge in [-0.2, -0.15) is 0 Å². The van der Waals surface area contributed by atoms with Gasteiger partial charge < -0.3 is 24.1 Å². The summed E-state index contributed by atoms with van der Waals surface area (Å²) in [5, 5.41) is 3.11. The van der Waals surface area contributed by atoms with Crippen molar-refractivity contribution < 1.29 is 19.0 Å². The predicted molar refractivity (Wildman–Crippen MR) is 116 cm³/mol. The van der Waals surface area contributed by atoms with Gasteiger partial charge in [0.25, 0.3) is 5.91 Å². The third-order valence-electron chi connectivity index (χ3n) is 5.40. The van der Waals surface area contributed by atoms with Gasteiger partial charge in [-0.3, -0.25) is 4.79 Å². The Kier molecular flexibility index (Phi) is 6.52. The van der Waals surface area contributed by atoms with Crippen LogP contribution in [0.5, 0.6) is 11.5 Å². The summed E-state index contributed by atoms with van der Waals surface area (Å²) in [7, 11) is 3.52. The normalized spacial score (nSPS) is 16.6. The summed E-state index contributed by atoms with van der Waals surface area (Å²) in [6, 6.07) is 14.3. The first-order valence-electron chi connectivity index (χ1n) is 10.4. The van der Waals surface area contributed by atoms with E-state index in [0.29, 0.717) is 29.5 Å². The maximum atomic E-state index is 13.2. The van der Waals surface area contributed by atoms with Crippen molar-refractivity contribution in [2.24, 2.45) is 7.05 Å². The van der Waals surface area contributed by atoms with E-state index in [1.165, 1.54) is 0 Å². The maximum Gasteiger partial charge on any atom is 0.252 e. The van der Waals surface area contributed by atoms with Crippen molar-refractivity contribution in [3.8, 4) is 11.5 Å². The van der Waals surface area contributed by atoms with Gasteiger partial charge in [0.1, 0.15) is 30.0 Å². The second-order valence-corrected chi connectivity index (χ2v) is 7.52. The molecule has 0 aliphatic carbocycles. The van der Waals surface area contributed by atoms with E-state index in [2.05, 4.69) is 10.3 Å². The summed E-state index contributed by atoms with van der Waals surface area (Å²) < 4.78 is 18.9. The highest BCUT2D eigenvalue weighted by molar-refractivity contribution is 5.95. The molecular weight excluding hydrogens is 394 g/mol.